The molecular formula is C18H27N3O3. The van der Waals surface area contributed by atoms with Gasteiger partial charge in [0.1, 0.15) is 5.54 Å². The molecule has 0 unspecified atom stereocenters. The second-order valence-corrected chi connectivity index (χ2v) is 6.83. The highest BCUT2D eigenvalue weighted by molar-refractivity contribution is 5.90. The number of hydrogen-bond donors (Lipinski definition) is 2. The predicted octanol–water partition coefficient (Wildman–Crippen LogP) is 1.86. The normalized spacial score (nSPS) is 17.5. The van der Waals surface area contributed by atoms with E-state index in [1.165, 1.54) is 7.11 Å². The van der Waals surface area contributed by atoms with Gasteiger partial charge < -0.3 is 20.7 Å². The minimum Gasteiger partial charge on any atom is -0.465 e. The van der Waals surface area contributed by atoms with E-state index in [9.17, 15) is 9.59 Å². The van der Waals surface area contributed by atoms with E-state index in [0.29, 0.717) is 24.3 Å². The largest absolute Gasteiger partial charge is 0.465 e. The lowest BCUT2D eigenvalue weighted by Gasteiger charge is -2.41. The van der Waals surface area contributed by atoms with Crippen LogP contribution in [-0.4, -0.2) is 49.1 Å². The number of carbonyl (C=O) groups is 2. The van der Waals surface area contributed by atoms with Crippen molar-refractivity contribution in [2.45, 2.75) is 32.2 Å². The quantitative estimate of drug-likeness (QED) is 0.776. The van der Waals surface area contributed by atoms with Crippen molar-refractivity contribution in [3.8, 4) is 0 Å². The molecule has 2 rings (SSSR count). The maximum atomic E-state index is 12.1. The summed E-state index contributed by atoms with van der Waals surface area (Å²) in [4.78, 5) is 26.0. The molecule has 6 nitrogen and oxygen atoms in total. The Hall–Kier alpha value is -2.08. The summed E-state index contributed by atoms with van der Waals surface area (Å²) in [6.45, 7) is 7.10. The number of methoxy groups -OCH3 is 1. The van der Waals surface area contributed by atoms with Gasteiger partial charge >= 0.3 is 5.97 Å². The van der Waals surface area contributed by atoms with Crippen LogP contribution in [0.3, 0.4) is 0 Å². The Labute approximate surface area is 143 Å². The molecule has 0 spiro atoms. The van der Waals surface area contributed by atoms with Crippen LogP contribution in [0.1, 0.15) is 37.0 Å². The van der Waals surface area contributed by atoms with Crippen molar-refractivity contribution in [1.29, 1.82) is 0 Å². The minimum absolute atomic E-state index is 0.330. The molecule has 6 heteroatoms. The highest BCUT2D eigenvalue weighted by Gasteiger charge is 2.39. The molecular weight excluding hydrogens is 306 g/mol. The summed E-state index contributed by atoms with van der Waals surface area (Å²) in [7, 11) is 1.35. The second-order valence-electron chi connectivity index (χ2n) is 6.83. The van der Waals surface area contributed by atoms with Gasteiger partial charge in [-0.25, -0.2) is 4.79 Å². The Morgan fingerprint density at radius 2 is 1.83 bits per heavy atom. The molecule has 1 aliphatic rings. The van der Waals surface area contributed by atoms with E-state index in [2.05, 4.69) is 28.8 Å². The van der Waals surface area contributed by atoms with E-state index >= 15 is 0 Å². The number of carbonyl (C=O) groups excluding carboxylic acids is 2. The summed E-state index contributed by atoms with van der Waals surface area (Å²) >= 11 is 0. The molecule has 0 radical (unpaired) electrons. The second kappa shape index (κ2) is 7.66. The van der Waals surface area contributed by atoms with E-state index in [4.69, 9.17) is 5.73 Å². The molecule has 132 valence electrons. The van der Waals surface area contributed by atoms with E-state index in [-0.39, 0.29) is 11.9 Å². The zero-order chi connectivity index (χ0) is 17.7. The number of nitrogens with one attached hydrogen (secondary N) is 1. The highest BCUT2D eigenvalue weighted by Crippen LogP contribution is 2.27. The molecule has 1 aromatic rings. The fraction of sp³-hybridized carbons (Fsp3) is 0.556. The third-order valence-electron chi connectivity index (χ3n) is 4.49. The third-order valence-corrected chi connectivity index (χ3v) is 4.49. The average molecular weight is 333 g/mol. The number of nitrogens with zero attached hydrogens (tertiary/aromatic N) is 1. The first kappa shape index (κ1) is 18.3. The van der Waals surface area contributed by atoms with Crippen LogP contribution in [-0.2, 0) is 9.53 Å². The van der Waals surface area contributed by atoms with Crippen LogP contribution in [0.5, 0.6) is 0 Å². The SMILES string of the molecule is COC(=O)c1ccc(NC2(C(N)=O)CCN(CC(C)C)CC2)cc1. The van der Waals surface area contributed by atoms with Gasteiger partial charge in [0.2, 0.25) is 5.91 Å². The fourth-order valence-corrected chi connectivity index (χ4v) is 3.15. The van der Waals surface area contributed by atoms with Crippen LogP contribution in [0.25, 0.3) is 0 Å². The molecule has 3 N–H and O–H groups in total. The maximum Gasteiger partial charge on any atom is 0.337 e. The van der Waals surface area contributed by atoms with Crippen LogP contribution in [0, 0.1) is 5.92 Å². The van der Waals surface area contributed by atoms with Gasteiger partial charge in [0.15, 0.2) is 0 Å². The number of piperidine rings is 1. The molecule has 0 bridgehead atoms. The zero-order valence-corrected chi connectivity index (χ0v) is 14.7. The molecule has 0 aromatic heterocycles. The Morgan fingerprint density at radius 1 is 1.25 bits per heavy atom. The summed E-state index contributed by atoms with van der Waals surface area (Å²) in [5.74, 6) is -0.109. The molecule has 1 saturated heterocycles. The summed E-state index contributed by atoms with van der Waals surface area (Å²) in [6.07, 6.45) is 1.35. The first-order valence-electron chi connectivity index (χ1n) is 8.35. The first-order chi connectivity index (χ1) is 11.4. The van der Waals surface area contributed by atoms with E-state index in [0.717, 1.165) is 25.3 Å². The fourth-order valence-electron chi connectivity index (χ4n) is 3.15. The summed E-state index contributed by atoms with van der Waals surface area (Å²) in [5.41, 5.74) is 6.22. The van der Waals surface area contributed by atoms with Crippen LogP contribution in [0.4, 0.5) is 5.69 Å². The summed E-state index contributed by atoms with van der Waals surface area (Å²) in [6, 6.07) is 6.91. The van der Waals surface area contributed by atoms with Crippen LogP contribution < -0.4 is 11.1 Å². The number of likely N-dealkylation sites (tertiary alicyclic amines) is 1. The first-order valence-corrected chi connectivity index (χ1v) is 8.35. The van der Waals surface area contributed by atoms with Gasteiger partial charge in [-0.3, -0.25) is 4.79 Å². The Morgan fingerprint density at radius 3 is 2.29 bits per heavy atom. The van der Waals surface area contributed by atoms with Gasteiger partial charge in [-0.05, 0) is 43.0 Å². The summed E-state index contributed by atoms with van der Waals surface area (Å²) in [5, 5.41) is 3.30. The maximum absolute atomic E-state index is 12.1. The van der Waals surface area contributed by atoms with Gasteiger partial charge in [-0.1, -0.05) is 13.8 Å². The minimum atomic E-state index is -0.736. The number of hydrogen-bond acceptors (Lipinski definition) is 5. The Balaban J connectivity index is 2.07. The number of esters is 1. The number of primary amides is 1. The lowest BCUT2D eigenvalue weighted by atomic mass is 9.86. The number of ether oxygens (including phenoxy) is 1. The van der Waals surface area contributed by atoms with Crippen LogP contribution in [0.15, 0.2) is 24.3 Å². The molecule has 24 heavy (non-hydrogen) atoms. The molecule has 0 atom stereocenters. The monoisotopic (exact) mass is 333 g/mol. The van der Waals surface area contributed by atoms with Crippen molar-refractivity contribution in [3.05, 3.63) is 29.8 Å². The van der Waals surface area contributed by atoms with E-state index in [1.54, 1.807) is 24.3 Å². The number of benzene rings is 1. The van der Waals surface area contributed by atoms with Gasteiger partial charge in [-0.15, -0.1) is 0 Å². The molecule has 0 saturated carbocycles. The van der Waals surface area contributed by atoms with E-state index < -0.39 is 5.54 Å². The summed E-state index contributed by atoms with van der Waals surface area (Å²) < 4.78 is 4.69. The number of anilines is 1. The van der Waals surface area contributed by atoms with Crippen LogP contribution >= 0.6 is 0 Å². The van der Waals surface area contributed by atoms with Crippen molar-refractivity contribution in [2.24, 2.45) is 11.7 Å². The molecule has 1 aromatic carbocycles. The van der Waals surface area contributed by atoms with Gasteiger partial charge in [0, 0.05) is 25.3 Å². The van der Waals surface area contributed by atoms with Crippen molar-refractivity contribution in [3.63, 3.8) is 0 Å². The number of amides is 1. The topological polar surface area (TPSA) is 84.7 Å². The third kappa shape index (κ3) is 4.26. The van der Waals surface area contributed by atoms with Crippen molar-refractivity contribution < 1.29 is 14.3 Å². The average Bonchev–Trinajstić information content (AvgIpc) is 2.56. The van der Waals surface area contributed by atoms with Gasteiger partial charge in [-0.2, -0.15) is 0 Å². The zero-order valence-electron chi connectivity index (χ0n) is 14.7. The number of nitrogens with two attached hydrogens (primary N) is 1. The molecule has 1 aliphatic heterocycles. The molecule has 1 fully saturated rings. The van der Waals surface area contributed by atoms with Gasteiger partial charge in [0.25, 0.3) is 0 Å². The van der Waals surface area contributed by atoms with E-state index in [1.807, 2.05) is 0 Å². The molecule has 1 amide bonds. The lowest BCUT2D eigenvalue weighted by molar-refractivity contribution is -0.123. The standard InChI is InChI=1S/C18H27N3O3/c1-13(2)12-21-10-8-18(9-11-21,17(19)23)20-15-6-4-14(5-7-15)16(22)24-3/h4-7,13,20H,8-12H2,1-3H3,(H2,19,23). The van der Waals surface area contributed by atoms with Crippen molar-refractivity contribution in [2.75, 3.05) is 32.1 Å². The Kier molecular flexibility index (Phi) is 5.83. The predicted molar refractivity (Wildman–Crippen MR) is 93.8 cm³/mol. The van der Waals surface area contributed by atoms with Gasteiger partial charge in [0.05, 0.1) is 12.7 Å². The highest BCUT2D eigenvalue weighted by atomic mass is 16.5. The lowest BCUT2D eigenvalue weighted by Crippen LogP contribution is -2.57. The van der Waals surface area contributed by atoms with Crippen molar-refractivity contribution >= 4 is 17.6 Å². The number of rotatable bonds is 6. The van der Waals surface area contributed by atoms with Crippen molar-refractivity contribution in [1.82, 2.24) is 4.90 Å². The molecule has 0 aliphatic carbocycles. The van der Waals surface area contributed by atoms with Crippen LogP contribution in [0.2, 0.25) is 0 Å². The molecule has 1 heterocycles. The smallest absolute Gasteiger partial charge is 0.337 e. The Bertz CT molecular complexity index is 576.